The molecule has 0 aliphatic carbocycles. The largest absolute Gasteiger partial charge is 0.327 e. The maximum absolute atomic E-state index is 5.83. The number of nitrogens with zero attached hydrogens (tertiary/aromatic N) is 1. The van der Waals surface area contributed by atoms with Crippen molar-refractivity contribution in [2.24, 2.45) is 0 Å². The molecule has 0 unspecified atom stereocenters. The van der Waals surface area contributed by atoms with Crippen molar-refractivity contribution in [3.8, 4) is 0 Å². The molecule has 0 saturated heterocycles. The van der Waals surface area contributed by atoms with E-state index >= 15 is 0 Å². The second-order valence-corrected chi connectivity index (χ2v) is 7.69. The zero-order chi connectivity index (χ0) is 15.8. The molecule has 128 valence electrons. The van der Waals surface area contributed by atoms with E-state index in [1.807, 2.05) is 0 Å². The number of quaternary nitrogens is 1. The van der Waals surface area contributed by atoms with Gasteiger partial charge in [0.2, 0.25) is 0 Å². The van der Waals surface area contributed by atoms with Crippen LogP contribution in [0.3, 0.4) is 0 Å². The fraction of sp³-hybridized carbons (Fsp3) is 1.00. The summed E-state index contributed by atoms with van der Waals surface area (Å²) in [6.45, 7) is 4.67. The van der Waals surface area contributed by atoms with Gasteiger partial charge in [-0.2, -0.15) is 0 Å². The quantitative estimate of drug-likeness (QED) is 0.176. The molecule has 0 bridgehead atoms. The molecule has 0 aliphatic heterocycles. The van der Waals surface area contributed by atoms with Gasteiger partial charge in [0.05, 0.1) is 33.1 Å². The molecule has 1 nitrogen and oxygen atoms in total. The van der Waals surface area contributed by atoms with Crippen LogP contribution in [-0.2, 0) is 0 Å². The maximum atomic E-state index is 5.83. The predicted octanol–water partition coefficient (Wildman–Crippen LogP) is 6.39. The third-order valence-corrected chi connectivity index (χ3v) is 4.73. The lowest BCUT2D eigenvalue weighted by atomic mass is 10.0. The van der Waals surface area contributed by atoms with Gasteiger partial charge in [-0.1, -0.05) is 77.6 Å². The van der Waals surface area contributed by atoms with Crippen molar-refractivity contribution in [1.82, 2.24) is 0 Å². The van der Waals surface area contributed by atoms with E-state index in [1.54, 1.807) is 0 Å². The number of unbranched alkanes of at least 4 members (excludes halogenated alkanes) is 12. The molecule has 0 aliphatic rings. The normalized spacial score (nSPS) is 12.0. The van der Waals surface area contributed by atoms with Gasteiger partial charge in [0.1, 0.15) is 0 Å². The Morgan fingerprint density at radius 2 is 0.952 bits per heavy atom. The van der Waals surface area contributed by atoms with Gasteiger partial charge in [-0.15, -0.1) is 11.6 Å². The smallest absolute Gasteiger partial charge is 0.0920 e. The summed E-state index contributed by atoms with van der Waals surface area (Å²) in [5, 5.41) is 0. The van der Waals surface area contributed by atoms with Crippen LogP contribution in [0.5, 0.6) is 0 Å². The van der Waals surface area contributed by atoms with E-state index in [-0.39, 0.29) is 0 Å². The summed E-state index contributed by atoms with van der Waals surface area (Å²) in [4.78, 5) is 0. The average molecular weight is 319 g/mol. The first-order valence-electron chi connectivity index (χ1n) is 9.50. The number of rotatable bonds is 16. The SMILES string of the molecule is CCCCCCCCCCCCCCC[N+](C)(C)CCCl. The van der Waals surface area contributed by atoms with Crippen molar-refractivity contribution >= 4 is 11.6 Å². The van der Waals surface area contributed by atoms with Crippen LogP contribution in [0.2, 0.25) is 0 Å². The second-order valence-electron chi connectivity index (χ2n) is 7.31. The van der Waals surface area contributed by atoms with Crippen molar-refractivity contribution in [2.75, 3.05) is 33.1 Å². The zero-order valence-corrected chi connectivity index (χ0v) is 15.9. The van der Waals surface area contributed by atoms with Crippen LogP contribution in [0, 0.1) is 0 Å². The number of halogens is 1. The third-order valence-electron chi connectivity index (χ3n) is 4.56. The van der Waals surface area contributed by atoms with Crippen LogP contribution in [0.25, 0.3) is 0 Å². The van der Waals surface area contributed by atoms with Gasteiger partial charge in [-0.3, -0.25) is 0 Å². The molecule has 0 aromatic heterocycles. The van der Waals surface area contributed by atoms with E-state index in [1.165, 1.54) is 90.0 Å². The first kappa shape index (κ1) is 21.2. The summed E-state index contributed by atoms with van der Waals surface area (Å²) in [7, 11) is 4.59. The minimum atomic E-state index is 0.783. The summed E-state index contributed by atoms with van der Waals surface area (Å²) in [6, 6.07) is 0. The average Bonchev–Trinajstić information content (AvgIpc) is 2.44. The topological polar surface area (TPSA) is 0 Å². The lowest BCUT2D eigenvalue weighted by Gasteiger charge is -2.28. The van der Waals surface area contributed by atoms with Crippen LogP contribution >= 0.6 is 11.6 Å². The zero-order valence-electron chi connectivity index (χ0n) is 15.1. The lowest BCUT2D eigenvalue weighted by Crippen LogP contribution is -2.41. The van der Waals surface area contributed by atoms with Crippen molar-refractivity contribution in [3.05, 3.63) is 0 Å². The highest BCUT2D eigenvalue weighted by atomic mass is 35.5. The van der Waals surface area contributed by atoms with Gasteiger partial charge >= 0.3 is 0 Å². The fourth-order valence-corrected chi connectivity index (χ4v) is 3.36. The van der Waals surface area contributed by atoms with Crippen LogP contribution in [0.1, 0.15) is 90.4 Å². The van der Waals surface area contributed by atoms with Gasteiger partial charge in [-0.25, -0.2) is 0 Å². The molecular weight excluding hydrogens is 278 g/mol. The molecule has 0 amide bonds. The molecule has 0 heterocycles. The van der Waals surface area contributed by atoms with Crippen LogP contribution < -0.4 is 0 Å². The first-order valence-corrected chi connectivity index (χ1v) is 10.0. The summed E-state index contributed by atoms with van der Waals surface area (Å²) in [5.74, 6) is 0.783. The van der Waals surface area contributed by atoms with Crippen LogP contribution in [0.15, 0.2) is 0 Å². The lowest BCUT2D eigenvalue weighted by molar-refractivity contribution is -0.888. The molecule has 0 fully saturated rings. The van der Waals surface area contributed by atoms with Crippen molar-refractivity contribution in [1.29, 1.82) is 0 Å². The fourth-order valence-electron chi connectivity index (χ4n) is 2.90. The van der Waals surface area contributed by atoms with E-state index in [2.05, 4.69) is 21.0 Å². The molecule has 0 aromatic rings. The monoisotopic (exact) mass is 318 g/mol. The molecule has 0 spiro atoms. The Bertz CT molecular complexity index is 204. The van der Waals surface area contributed by atoms with Crippen molar-refractivity contribution < 1.29 is 4.48 Å². The Kier molecular flexibility index (Phi) is 15.3. The Balaban J connectivity index is 3.12. The van der Waals surface area contributed by atoms with Gasteiger partial charge in [-0.05, 0) is 12.8 Å². The Hall–Kier alpha value is 0.250. The first-order chi connectivity index (χ1) is 10.1. The molecule has 0 aromatic carbocycles. The Morgan fingerprint density at radius 1 is 0.571 bits per heavy atom. The summed E-state index contributed by atoms with van der Waals surface area (Å²) >= 11 is 5.83. The highest BCUT2D eigenvalue weighted by molar-refractivity contribution is 6.17. The molecule has 0 saturated carbocycles. The molecule has 2 heteroatoms. The molecular formula is C19H41ClN+. The van der Waals surface area contributed by atoms with Gasteiger partial charge in [0, 0.05) is 0 Å². The predicted molar refractivity (Wildman–Crippen MR) is 98.3 cm³/mol. The molecule has 0 rings (SSSR count). The maximum Gasteiger partial charge on any atom is 0.0920 e. The van der Waals surface area contributed by atoms with Crippen LogP contribution in [0.4, 0.5) is 0 Å². The number of alkyl halides is 1. The Labute approximate surface area is 140 Å². The minimum Gasteiger partial charge on any atom is -0.327 e. The van der Waals surface area contributed by atoms with Gasteiger partial charge in [0.15, 0.2) is 0 Å². The van der Waals surface area contributed by atoms with Crippen molar-refractivity contribution in [3.63, 3.8) is 0 Å². The molecule has 21 heavy (non-hydrogen) atoms. The van der Waals surface area contributed by atoms with E-state index in [4.69, 9.17) is 11.6 Å². The summed E-state index contributed by atoms with van der Waals surface area (Å²) < 4.78 is 1.08. The van der Waals surface area contributed by atoms with E-state index < -0.39 is 0 Å². The summed E-state index contributed by atoms with van der Waals surface area (Å²) in [6.07, 6.45) is 18.7. The Morgan fingerprint density at radius 3 is 1.33 bits per heavy atom. The summed E-state index contributed by atoms with van der Waals surface area (Å²) in [5.41, 5.74) is 0. The van der Waals surface area contributed by atoms with Gasteiger partial charge in [0.25, 0.3) is 0 Å². The molecule has 0 radical (unpaired) electrons. The highest BCUT2D eigenvalue weighted by Crippen LogP contribution is 2.13. The molecule has 0 atom stereocenters. The third kappa shape index (κ3) is 16.4. The van der Waals surface area contributed by atoms with E-state index in [9.17, 15) is 0 Å². The van der Waals surface area contributed by atoms with Crippen molar-refractivity contribution in [2.45, 2.75) is 90.4 Å². The van der Waals surface area contributed by atoms with Crippen LogP contribution in [-0.4, -0.2) is 37.5 Å². The van der Waals surface area contributed by atoms with E-state index in [0.29, 0.717) is 0 Å². The molecule has 0 N–H and O–H groups in total. The standard InChI is InChI=1S/C19H41ClN/c1-4-5-6-7-8-9-10-11-12-13-14-15-16-18-21(2,3)19-17-20/h4-19H2,1-3H3/q+1. The minimum absolute atomic E-state index is 0.783. The van der Waals surface area contributed by atoms with E-state index in [0.717, 1.165) is 16.9 Å². The number of hydrogen-bond donors (Lipinski definition) is 0. The second kappa shape index (κ2) is 15.2. The number of hydrogen-bond acceptors (Lipinski definition) is 0. The highest BCUT2D eigenvalue weighted by Gasteiger charge is 2.12. The van der Waals surface area contributed by atoms with Gasteiger partial charge < -0.3 is 4.48 Å².